The molecule has 1 saturated carbocycles. The summed E-state index contributed by atoms with van der Waals surface area (Å²) < 4.78 is 6.55. The average Bonchev–Trinajstić information content (AvgIpc) is 3.20. The van der Waals surface area contributed by atoms with Crippen molar-refractivity contribution in [3.63, 3.8) is 0 Å². The Morgan fingerprint density at radius 2 is 1.52 bits per heavy atom. The number of piperazine rings is 1. The highest BCUT2D eigenvalue weighted by Crippen LogP contribution is 2.55. The SMILES string of the molecule is Cc1cc(OC2C(C)(C)C(NC(=O)c3ccc(N4CCC(CN5CCN(c6ccnc(C(=O)CC7CCC(=O)NC7=O)c6)CC5)CC4)cc3)C2(C)C)cc(C)c1C#N. The lowest BCUT2D eigenvalue weighted by atomic mass is 9.49. The van der Waals surface area contributed by atoms with Crippen LogP contribution in [0.4, 0.5) is 11.4 Å². The number of piperidine rings is 2. The van der Waals surface area contributed by atoms with E-state index in [1.165, 1.54) is 0 Å². The average molecular weight is 788 g/mol. The molecule has 1 aliphatic carbocycles. The van der Waals surface area contributed by atoms with Crippen LogP contribution in [0.3, 0.4) is 0 Å². The van der Waals surface area contributed by atoms with Crippen LogP contribution < -0.4 is 25.2 Å². The zero-order chi connectivity index (χ0) is 41.4. The van der Waals surface area contributed by atoms with E-state index in [2.05, 4.69) is 76.2 Å². The first-order chi connectivity index (χ1) is 27.6. The van der Waals surface area contributed by atoms with Crippen LogP contribution >= 0.6 is 0 Å². The van der Waals surface area contributed by atoms with Crippen molar-refractivity contribution in [2.24, 2.45) is 22.7 Å². The number of amides is 3. The van der Waals surface area contributed by atoms with Gasteiger partial charge in [-0.05, 0) is 98.7 Å². The summed E-state index contributed by atoms with van der Waals surface area (Å²) >= 11 is 0. The molecule has 4 aliphatic rings. The molecule has 306 valence electrons. The molecule has 12 heteroatoms. The van der Waals surface area contributed by atoms with Crippen LogP contribution in [0.25, 0.3) is 0 Å². The molecule has 3 amide bonds. The molecule has 0 spiro atoms. The van der Waals surface area contributed by atoms with Crippen molar-refractivity contribution in [3.8, 4) is 11.8 Å². The van der Waals surface area contributed by atoms with E-state index >= 15 is 0 Å². The molecule has 58 heavy (non-hydrogen) atoms. The Morgan fingerprint density at radius 1 is 0.879 bits per heavy atom. The number of Topliss-reactive ketones (excluding diaryl/α,β-unsaturated/α-hetero) is 1. The quantitative estimate of drug-likeness (QED) is 0.179. The number of nitrogens with zero attached hydrogens (tertiary/aromatic N) is 5. The normalized spacial score (nSPS) is 23.4. The van der Waals surface area contributed by atoms with Crippen LogP contribution in [-0.2, 0) is 9.59 Å². The second-order valence-electron chi connectivity index (χ2n) is 18.0. The van der Waals surface area contributed by atoms with Crippen LogP contribution in [0.2, 0.25) is 0 Å². The summed E-state index contributed by atoms with van der Waals surface area (Å²) in [6.07, 6.45) is 4.49. The molecule has 4 heterocycles. The summed E-state index contributed by atoms with van der Waals surface area (Å²) in [4.78, 5) is 61.8. The minimum atomic E-state index is -0.489. The number of imide groups is 1. The molecule has 1 unspecified atom stereocenters. The zero-order valence-corrected chi connectivity index (χ0v) is 34.8. The monoisotopic (exact) mass is 787 g/mol. The van der Waals surface area contributed by atoms with Crippen molar-refractivity contribution < 1.29 is 23.9 Å². The standard InChI is InChI=1S/C46H57N7O5/c1-29-23-36(24-30(2)37(29)27-47)58-44-45(3,4)43(46(44,5)6)50-41(56)32-7-10-34(11-8-32)52-17-14-31(15-18-52)28-51-19-21-53(22-20-51)35-13-16-48-38(26-35)39(54)25-33-9-12-40(55)49-42(33)57/h7-8,10-11,13,16,23-24,26,31,33,43-44H,9,12,14-15,17-22,25,28H2,1-6H3,(H,50,56)(H,49,55,57). The lowest BCUT2D eigenvalue weighted by Gasteiger charge is -2.63. The second-order valence-corrected chi connectivity index (χ2v) is 18.0. The van der Waals surface area contributed by atoms with Gasteiger partial charge in [-0.15, -0.1) is 0 Å². The van der Waals surface area contributed by atoms with Crippen molar-refractivity contribution in [3.05, 3.63) is 82.7 Å². The summed E-state index contributed by atoms with van der Waals surface area (Å²) in [5.74, 6) is -0.0206. The summed E-state index contributed by atoms with van der Waals surface area (Å²) in [5.41, 5.74) is 5.00. The van der Waals surface area contributed by atoms with Crippen molar-refractivity contribution in [2.75, 3.05) is 55.6 Å². The van der Waals surface area contributed by atoms with Crippen LogP contribution in [0.5, 0.6) is 5.75 Å². The minimum absolute atomic E-state index is 0.0586. The smallest absolute Gasteiger partial charge is 0.251 e. The molecule has 3 aliphatic heterocycles. The highest BCUT2D eigenvalue weighted by atomic mass is 16.5. The number of aryl methyl sites for hydroxylation is 2. The second kappa shape index (κ2) is 16.5. The highest BCUT2D eigenvalue weighted by molar-refractivity contribution is 6.02. The third kappa shape index (κ3) is 8.46. The van der Waals surface area contributed by atoms with E-state index in [0.717, 1.165) is 86.9 Å². The number of hydrogen-bond donors (Lipinski definition) is 2. The highest BCUT2D eigenvalue weighted by Gasteiger charge is 2.64. The zero-order valence-electron chi connectivity index (χ0n) is 34.8. The third-order valence-electron chi connectivity index (χ3n) is 13.2. The number of pyridine rings is 1. The van der Waals surface area contributed by atoms with Crippen molar-refractivity contribution in [1.29, 1.82) is 5.26 Å². The van der Waals surface area contributed by atoms with Gasteiger partial charge in [0.15, 0.2) is 5.78 Å². The molecule has 1 aromatic heterocycles. The van der Waals surface area contributed by atoms with Gasteiger partial charge in [-0.3, -0.25) is 34.4 Å². The molecule has 3 aromatic rings. The molecule has 1 atom stereocenters. The lowest BCUT2D eigenvalue weighted by molar-refractivity contribution is -0.164. The Hall–Kier alpha value is -5.28. The fourth-order valence-electron chi connectivity index (χ4n) is 10.1. The maximum absolute atomic E-state index is 13.6. The topological polar surface area (TPSA) is 148 Å². The van der Waals surface area contributed by atoms with Crippen LogP contribution in [-0.4, -0.2) is 91.3 Å². The largest absolute Gasteiger partial charge is 0.489 e. The third-order valence-corrected chi connectivity index (χ3v) is 13.2. The Balaban J connectivity index is 0.850. The number of ketones is 1. The van der Waals surface area contributed by atoms with Gasteiger partial charge >= 0.3 is 0 Å². The van der Waals surface area contributed by atoms with Gasteiger partial charge in [0.25, 0.3) is 5.91 Å². The number of hydrogen-bond acceptors (Lipinski definition) is 10. The molecule has 2 N–H and O–H groups in total. The van der Waals surface area contributed by atoms with E-state index in [9.17, 15) is 24.4 Å². The first-order valence-electron chi connectivity index (χ1n) is 20.8. The molecule has 0 bridgehead atoms. The number of carbonyl (C=O) groups is 4. The molecule has 4 fully saturated rings. The van der Waals surface area contributed by atoms with Gasteiger partial charge in [0.1, 0.15) is 17.5 Å². The predicted octanol–water partition coefficient (Wildman–Crippen LogP) is 5.85. The number of benzene rings is 2. The van der Waals surface area contributed by atoms with Gasteiger partial charge in [0.2, 0.25) is 11.8 Å². The van der Waals surface area contributed by atoms with Gasteiger partial charge in [-0.1, -0.05) is 27.7 Å². The number of nitriles is 1. The number of ether oxygens (including phenoxy) is 1. The maximum atomic E-state index is 13.6. The number of rotatable bonds is 11. The molecule has 7 rings (SSSR count). The molecule has 12 nitrogen and oxygen atoms in total. The lowest BCUT2D eigenvalue weighted by Crippen LogP contribution is -2.74. The van der Waals surface area contributed by atoms with Crippen LogP contribution in [0, 0.1) is 47.8 Å². The van der Waals surface area contributed by atoms with Gasteiger partial charge in [-0.25, -0.2) is 0 Å². The summed E-state index contributed by atoms with van der Waals surface area (Å²) in [7, 11) is 0. The first-order valence-corrected chi connectivity index (χ1v) is 20.8. The van der Waals surface area contributed by atoms with E-state index in [0.29, 0.717) is 29.2 Å². The van der Waals surface area contributed by atoms with Gasteiger partial charge in [0.05, 0.1) is 11.6 Å². The number of aromatic nitrogens is 1. The molecule has 0 radical (unpaired) electrons. The number of nitrogens with one attached hydrogen (secondary N) is 2. The van der Waals surface area contributed by atoms with Crippen LogP contribution in [0.15, 0.2) is 54.7 Å². The maximum Gasteiger partial charge on any atom is 0.251 e. The van der Waals surface area contributed by atoms with Gasteiger partial charge in [-0.2, -0.15) is 5.26 Å². The molecule has 2 aromatic carbocycles. The summed E-state index contributed by atoms with van der Waals surface area (Å²) in [5, 5.41) is 15.1. The number of carbonyl (C=O) groups excluding carboxylic acids is 4. The molecular formula is C46H57N7O5. The molecule has 3 saturated heterocycles. The summed E-state index contributed by atoms with van der Waals surface area (Å²) in [6.45, 7) is 19.1. The van der Waals surface area contributed by atoms with E-state index in [1.54, 1.807) is 6.20 Å². The Labute approximate surface area is 342 Å². The van der Waals surface area contributed by atoms with Crippen molar-refractivity contribution >= 4 is 34.9 Å². The van der Waals surface area contributed by atoms with Crippen molar-refractivity contribution in [2.45, 2.75) is 85.8 Å². The fraction of sp³-hybridized carbons (Fsp3) is 0.522. The minimum Gasteiger partial charge on any atom is -0.489 e. The Bertz CT molecular complexity index is 2050. The van der Waals surface area contributed by atoms with E-state index in [4.69, 9.17) is 4.74 Å². The number of anilines is 2. The first kappa shape index (κ1) is 40.9. The van der Waals surface area contributed by atoms with E-state index in [-0.39, 0.29) is 59.3 Å². The predicted molar refractivity (Wildman–Crippen MR) is 223 cm³/mol. The van der Waals surface area contributed by atoms with Crippen molar-refractivity contribution in [1.82, 2.24) is 20.5 Å². The Morgan fingerprint density at radius 3 is 2.14 bits per heavy atom. The summed E-state index contributed by atoms with van der Waals surface area (Å²) in [6, 6.07) is 17.8. The van der Waals surface area contributed by atoms with E-state index in [1.807, 2.05) is 50.2 Å². The fourth-order valence-corrected chi connectivity index (χ4v) is 10.1. The Kier molecular flexibility index (Phi) is 11.7. The van der Waals surface area contributed by atoms with Gasteiger partial charge < -0.3 is 19.9 Å². The molecular weight excluding hydrogens is 731 g/mol. The van der Waals surface area contributed by atoms with Crippen LogP contribution in [0.1, 0.15) is 97.3 Å². The van der Waals surface area contributed by atoms with E-state index < -0.39 is 5.92 Å². The van der Waals surface area contributed by atoms with Gasteiger partial charge in [0, 0.05) is 105 Å².